The molecular weight excluding hydrogens is 294 g/mol. The average Bonchev–Trinajstić information content (AvgIpc) is 2.58. The molecule has 3 aromatic rings. The molecule has 0 aliphatic carbocycles. The van der Waals surface area contributed by atoms with Crippen molar-refractivity contribution in [3.63, 3.8) is 0 Å². The highest BCUT2D eigenvalue weighted by Crippen LogP contribution is 2.21. The number of aromatic nitrogens is 3. The highest BCUT2D eigenvalue weighted by atomic mass is 16.5. The number of benzene rings is 1. The van der Waals surface area contributed by atoms with Gasteiger partial charge in [-0.15, -0.1) is 0 Å². The molecule has 3 rings (SSSR count). The Bertz CT molecular complexity index is 837. The van der Waals surface area contributed by atoms with Crippen molar-refractivity contribution in [2.75, 3.05) is 18.5 Å². The lowest BCUT2D eigenvalue weighted by atomic mass is 10.1. The fraction of sp³-hybridized carbons (Fsp3) is 0.125. The Morgan fingerprint density at radius 3 is 2.96 bits per heavy atom. The Morgan fingerprint density at radius 1 is 1.22 bits per heavy atom. The second-order valence-corrected chi connectivity index (χ2v) is 4.78. The molecule has 0 atom stereocenters. The number of amides is 1. The maximum Gasteiger partial charge on any atom is 0.404 e. The van der Waals surface area contributed by atoms with Gasteiger partial charge in [0.2, 0.25) is 5.95 Å². The van der Waals surface area contributed by atoms with Gasteiger partial charge < -0.3 is 15.8 Å². The molecule has 0 aliphatic rings. The van der Waals surface area contributed by atoms with Crippen LogP contribution in [-0.4, -0.2) is 34.2 Å². The Kier molecular flexibility index (Phi) is 4.28. The summed E-state index contributed by atoms with van der Waals surface area (Å²) in [5, 5.41) is 4.02. The van der Waals surface area contributed by atoms with Gasteiger partial charge in [-0.3, -0.25) is 4.98 Å². The van der Waals surface area contributed by atoms with Crippen LogP contribution in [-0.2, 0) is 4.74 Å². The van der Waals surface area contributed by atoms with Gasteiger partial charge in [0.25, 0.3) is 0 Å². The number of anilines is 1. The minimum atomic E-state index is -0.802. The molecule has 0 fully saturated rings. The van der Waals surface area contributed by atoms with Crippen LogP contribution in [0.5, 0.6) is 0 Å². The SMILES string of the molecule is NC(=O)OCCNc1nccc(-c2cnc3ccccc3c2)n1. The first-order chi connectivity index (χ1) is 11.2. The molecule has 0 radical (unpaired) electrons. The zero-order valence-electron chi connectivity index (χ0n) is 12.3. The maximum absolute atomic E-state index is 10.5. The second-order valence-electron chi connectivity index (χ2n) is 4.78. The van der Waals surface area contributed by atoms with E-state index in [1.165, 1.54) is 0 Å². The molecule has 23 heavy (non-hydrogen) atoms. The summed E-state index contributed by atoms with van der Waals surface area (Å²) < 4.78 is 4.64. The number of carbonyl (C=O) groups excluding carboxylic acids is 1. The smallest absolute Gasteiger partial charge is 0.404 e. The molecule has 0 unspecified atom stereocenters. The van der Waals surface area contributed by atoms with Crippen molar-refractivity contribution >= 4 is 22.9 Å². The third-order valence-corrected chi connectivity index (χ3v) is 3.17. The quantitative estimate of drug-likeness (QED) is 0.700. The van der Waals surface area contributed by atoms with E-state index in [2.05, 4.69) is 25.0 Å². The lowest BCUT2D eigenvalue weighted by molar-refractivity contribution is 0.161. The molecule has 1 aromatic carbocycles. The molecule has 2 heterocycles. The van der Waals surface area contributed by atoms with Crippen molar-refractivity contribution in [1.82, 2.24) is 15.0 Å². The van der Waals surface area contributed by atoms with Crippen molar-refractivity contribution in [2.24, 2.45) is 5.73 Å². The van der Waals surface area contributed by atoms with Crippen LogP contribution >= 0.6 is 0 Å². The number of primary amides is 1. The van der Waals surface area contributed by atoms with Gasteiger partial charge in [-0.25, -0.2) is 14.8 Å². The molecule has 0 saturated heterocycles. The highest BCUT2D eigenvalue weighted by Gasteiger charge is 2.04. The zero-order valence-corrected chi connectivity index (χ0v) is 12.3. The summed E-state index contributed by atoms with van der Waals surface area (Å²) in [5.41, 5.74) is 7.49. The van der Waals surface area contributed by atoms with E-state index < -0.39 is 6.09 Å². The van der Waals surface area contributed by atoms with Gasteiger partial charge in [0, 0.05) is 23.3 Å². The number of para-hydroxylation sites is 1. The van der Waals surface area contributed by atoms with Gasteiger partial charge in [0.1, 0.15) is 6.61 Å². The molecule has 3 N–H and O–H groups in total. The van der Waals surface area contributed by atoms with E-state index in [0.29, 0.717) is 12.5 Å². The number of carbonyl (C=O) groups is 1. The molecule has 7 heteroatoms. The molecule has 116 valence electrons. The van der Waals surface area contributed by atoms with Gasteiger partial charge in [-0.05, 0) is 18.2 Å². The zero-order chi connectivity index (χ0) is 16.1. The molecule has 7 nitrogen and oxygen atoms in total. The van der Waals surface area contributed by atoms with Gasteiger partial charge >= 0.3 is 6.09 Å². The van der Waals surface area contributed by atoms with Gasteiger partial charge in [0.05, 0.1) is 17.8 Å². The summed E-state index contributed by atoms with van der Waals surface area (Å²) in [6, 6.07) is 11.7. The largest absolute Gasteiger partial charge is 0.448 e. The first-order valence-corrected chi connectivity index (χ1v) is 7.07. The van der Waals surface area contributed by atoms with E-state index in [9.17, 15) is 4.79 Å². The third kappa shape index (κ3) is 3.70. The van der Waals surface area contributed by atoms with Crippen molar-refractivity contribution in [3.05, 3.63) is 48.8 Å². The molecule has 1 amide bonds. The van der Waals surface area contributed by atoms with Gasteiger partial charge in [-0.2, -0.15) is 0 Å². The highest BCUT2D eigenvalue weighted by molar-refractivity contribution is 5.82. The fourth-order valence-electron chi connectivity index (χ4n) is 2.13. The summed E-state index contributed by atoms with van der Waals surface area (Å²) in [4.78, 5) is 23.5. The number of pyridine rings is 1. The topological polar surface area (TPSA) is 103 Å². The van der Waals surface area contributed by atoms with Crippen molar-refractivity contribution in [3.8, 4) is 11.3 Å². The Labute approximate surface area is 132 Å². The Balaban J connectivity index is 1.76. The first-order valence-electron chi connectivity index (χ1n) is 7.07. The predicted octanol–water partition coefficient (Wildman–Crippen LogP) is 2.20. The van der Waals surface area contributed by atoms with Crippen LogP contribution in [0, 0.1) is 0 Å². The van der Waals surface area contributed by atoms with E-state index in [1.54, 1.807) is 12.4 Å². The Hall–Kier alpha value is -3.22. The van der Waals surface area contributed by atoms with E-state index in [-0.39, 0.29) is 6.61 Å². The first kappa shape index (κ1) is 14.7. The van der Waals surface area contributed by atoms with Crippen LogP contribution in [0.1, 0.15) is 0 Å². The van der Waals surface area contributed by atoms with E-state index in [1.807, 2.05) is 36.4 Å². The number of hydrogen-bond donors (Lipinski definition) is 2. The van der Waals surface area contributed by atoms with Gasteiger partial charge in [-0.1, -0.05) is 18.2 Å². The van der Waals surface area contributed by atoms with Crippen LogP contribution < -0.4 is 11.1 Å². The van der Waals surface area contributed by atoms with Crippen LogP contribution in [0.15, 0.2) is 48.8 Å². The van der Waals surface area contributed by atoms with Gasteiger partial charge in [0.15, 0.2) is 0 Å². The lowest BCUT2D eigenvalue weighted by Crippen LogP contribution is -2.19. The summed E-state index contributed by atoms with van der Waals surface area (Å²) in [6.07, 6.45) is 2.64. The standard InChI is InChI=1S/C16H15N5O2/c17-15(22)23-8-7-19-16-18-6-5-14(21-16)12-9-11-3-1-2-4-13(11)20-10-12/h1-6,9-10H,7-8H2,(H2,17,22)(H,18,19,21). The van der Waals surface area contributed by atoms with Crippen LogP contribution in [0.3, 0.4) is 0 Å². The normalized spacial score (nSPS) is 10.4. The van der Waals surface area contributed by atoms with E-state index in [0.717, 1.165) is 22.2 Å². The number of nitrogens with two attached hydrogens (primary N) is 1. The minimum Gasteiger partial charge on any atom is -0.448 e. The second kappa shape index (κ2) is 6.69. The predicted molar refractivity (Wildman–Crippen MR) is 86.8 cm³/mol. The lowest BCUT2D eigenvalue weighted by Gasteiger charge is -2.07. The average molecular weight is 309 g/mol. The van der Waals surface area contributed by atoms with Crippen LogP contribution in [0.4, 0.5) is 10.7 Å². The third-order valence-electron chi connectivity index (χ3n) is 3.17. The Morgan fingerprint density at radius 2 is 2.09 bits per heavy atom. The number of nitrogens with one attached hydrogen (secondary N) is 1. The van der Waals surface area contributed by atoms with E-state index in [4.69, 9.17) is 5.73 Å². The van der Waals surface area contributed by atoms with Crippen molar-refractivity contribution in [1.29, 1.82) is 0 Å². The van der Waals surface area contributed by atoms with Crippen molar-refractivity contribution < 1.29 is 9.53 Å². The van der Waals surface area contributed by atoms with Crippen LogP contribution in [0.25, 0.3) is 22.2 Å². The number of rotatable bonds is 5. The molecule has 2 aromatic heterocycles. The molecular formula is C16H15N5O2. The summed E-state index contributed by atoms with van der Waals surface area (Å²) >= 11 is 0. The number of hydrogen-bond acceptors (Lipinski definition) is 6. The summed E-state index contributed by atoms with van der Waals surface area (Å²) in [6.45, 7) is 0.531. The summed E-state index contributed by atoms with van der Waals surface area (Å²) in [5.74, 6) is 0.448. The number of fused-ring (bicyclic) bond motifs is 1. The number of nitrogens with zero attached hydrogens (tertiary/aromatic N) is 3. The summed E-state index contributed by atoms with van der Waals surface area (Å²) in [7, 11) is 0. The van der Waals surface area contributed by atoms with Crippen LogP contribution in [0.2, 0.25) is 0 Å². The van der Waals surface area contributed by atoms with Crippen molar-refractivity contribution in [2.45, 2.75) is 0 Å². The van der Waals surface area contributed by atoms with E-state index >= 15 is 0 Å². The molecule has 0 aliphatic heterocycles. The maximum atomic E-state index is 10.5. The molecule has 0 bridgehead atoms. The fourth-order valence-corrected chi connectivity index (χ4v) is 2.13. The minimum absolute atomic E-state index is 0.153. The monoisotopic (exact) mass is 309 g/mol. The molecule has 0 saturated carbocycles. The molecule has 0 spiro atoms. The number of ether oxygens (including phenoxy) is 1.